The van der Waals surface area contributed by atoms with Crippen molar-refractivity contribution in [3.05, 3.63) is 60.2 Å². The quantitative estimate of drug-likeness (QED) is 0.709. The van der Waals surface area contributed by atoms with Gasteiger partial charge in [-0.1, -0.05) is 5.16 Å². The van der Waals surface area contributed by atoms with Crippen molar-refractivity contribution in [2.24, 2.45) is 0 Å². The Balaban J connectivity index is 1.33. The van der Waals surface area contributed by atoms with Crippen molar-refractivity contribution >= 4 is 23.2 Å². The Morgan fingerprint density at radius 2 is 1.90 bits per heavy atom. The van der Waals surface area contributed by atoms with Crippen molar-refractivity contribution in [2.75, 3.05) is 36.4 Å². The number of aromatic nitrogens is 3. The van der Waals surface area contributed by atoms with Gasteiger partial charge in [0.1, 0.15) is 6.54 Å². The third-order valence-corrected chi connectivity index (χ3v) is 4.88. The molecule has 0 unspecified atom stereocenters. The van der Waals surface area contributed by atoms with Gasteiger partial charge in [-0.2, -0.15) is 5.10 Å². The standard InChI is InChI=1S/C20H22N6O3/c1-15(27)24-9-11-25(12-10-24)17-5-3-16(4-6-17)22-20(28)19-13-18(29-23-19)14-26-8-2-7-21-26/h2-8,13H,9-12,14H2,1H3,(H,22,28). The summed E-state index contributed by atoms with van der Waals surface area (Å²) in [6.45, 7) is 5.05. The van der Waals surface area contributed by atoms with Gasteiger partial charge in [-0.05, 0) is 30.3 Å². The Morgan fingerprint density at radius 3 is 2.55 bits per heavy atom. The molecule has 1 saturated heterocycles. The molecule has 9 nitrogen and oxygen atoms in total. The van der Waals surface area contributed by atoms with Crippen LogP contribution in [0.1, 0.15) is 23.2 Å². The summed E-state index contributed by atoms with van der Waals surface area (Å²) in [6.07, 6.45) is 3.49. The minimum absolute atomic E-state index is 0.114. The van der Waals surface area contributed by atoms with Gasteiger partial charge in [-0.3, -0.25) is 14.3 Å². The van der Waals surface area contributed by atoms with Crippen molar-refractivity contribution in [1.29, 1.82) is 0 Å². The molecule has 3 heterocycles. The molecule has 1 aliphatic rings. The summed E-state index contributed by atoms with van der Waals surface area (Å²) in [7, 11) is 0. The topological polar surface area (TPSA) is 96.5 Å². The number of rotatable bonds is 5. The van der Waals surface area contributed by atoms with Crippen LogP contribution in [-0.2, 0) is 11.3 Å². The normalized spacial score (nSPS) is 14.1. The van der Waals surface area contributed by atoms with E-state index in [1.54, 1.807) is 23.9 Å². The maximum atomic E-state index is 12.4. The molecule has 1 fully saturated rings. The zero-order valence-electron chi connectivity index (χ0n) is 16.1. The number of hydrogen-bond acceptors (Lipinski definition) is 6. The summed E-state index contributed by atoms with van der Waals surface area (Å²) < 4.78 is 6.91. The highest BCUT2D eigenvalue weighted by Gasteiger charge is 2.19. The van der Waals surface area contributed by atoms with E-state index in [1.165, 1.54) is 0 Å². The smallest absolute Gasteiger partial charge is 0.277 e. The Kier molecular flexibility index (Phi) is 5.28. The van der Waals surface area contributed by atoms with Gasteiger partial charge in [0.2, 0.25) is 5.91 Å². The molecule has 1 aliphatic heterocycles. The largest absolute Gasteiger partial charge is 0.368 e. The van der Waals surface area contributed by atoms with Crippen LogP contribution in [0.3, 0.4) is 0 Å². The SMILES string of the molecule is CC(=O)N1CCN(c2ccc(NC(=O)c3cc(Cn4cccn4)on3)cc2)CC1. The number of carbonyl (C=O) groups is 2. The number of carbonyl (C=O) groups excluding carboxylic acids is 2. The lowest BCUT2D eigenvalue weighted by atomic mass is 10.2. The van der Waals surface area contributed by atoms with Gasteiger partial charge in [-0.15, -0.1) is 0 Å². The van der Waals surface area contributed by atoms with E-state index in [1.807, 2.05) is 41.4 Å². The number of benzene rings is 1. The molecule has 29 heavy (non-hydrogen) atoms. The van der Waals surface area contributed by atoms with E-state index in [9.17, 15) is 9.59 Å². The van der Waals surface area contributed by atoms with Crippen molar-refractivity contribution in [3.63, 3.8) is 0 Å². The van der Waals surface area contributed by atoms with Crippen LogP contribution < -0.4 is 10.2 Å². The van der Waals surface area contributed by atoms with Crippen LogP contribution in [0.2, 0.25) is 0 Å². The first-order valence-electron chi connectivity index (χ1n) is 9.43. The molecule has 0 bridgehead atoms. The maximum Gasteiger partial charge on any atom is 0.277 e. The zero-order chi connectivity index (χ0) is 20.2. The molecule has 0 radical (unpaired) electrons. The van der Waals surface area contributed by atoms with Gasteiger partial charge < -0.3 is 19.6 Å². The second-order valence-electron chi connectivity index (χ2n) is 6.88. The number of hydrogen-bond donors (Lipinski definition) is 1. The van der Waals surface area contributed by atoms with Crippen molar-refractivity contribution in [3.8, 4) is 0 Å². The van der Waals surface area contributed by atoms with Crippen LogP contribution in [0, 0.1) is 0 Å². The van der Waals surface area contributed by atoms with E-state index in [0.29, 0.717) is 18.0 Å². The van der Waals surface area contributed by atoms with Gasteiger partial charge in [0.05, 0.1) is 0 Å². The molecule has 0 aliphatic carbocycles. The van der Waals surface area contributed by atoms with E-state index in [-0.39, 0.29) is 17.5 Å². The first kappa shape index (κ1) is 18.7. The fourth-order valence-electron chi connectivity index (χ4n) is 3.28. The lowest BCUT2D eigenvalue weighted by Crippen LogP contribution is -2.48. The molecular weight excluding hydrogens is 372 g/mol. The molecule has 1 N–H and O–H groups in total. The Bertz CT molecular complexity index is 972. The van der Waals surface area contributed by atoms with E-state index < -0.39 is 0 Å². The first-order valence-corrected chi connectivity index (χ1v) is 9.43. The number of piperazine rings is 1. The molecular formula is C20H22N6O3. The van der Waals surface area contributed by atoms with Crippen molar-refractivity contribution in [1.82, 2.24) is 19.8 Å². The third kappa shape index (κ3) is 4.45. The number of anilines is 2. The second kappa shape index (κ2) is 8.17. The molecule has 1 aromatic carbocycles. The Hall–Kier alpha value is -3.62. The van der Waals surface area contributed by atoms with Gasteiger partial charge in [0, 0.05) is 62.9 Å². The molecule has 0 atom stereocenters. The Morgan fingerprint density at radius 1 is 1.14 bits per heavy atom. The molecule has 3 aromatic rings. The summed E-state index contributed by atoms with van der Waals surface area (Å²) in [6, 6.07) is 11.1. The summed E-state index contributed by atoms with van der Waals surface area (Å²) in [5.41, 5.74) is 1.96. The van der Waals surface area contributed by atoms with Crippen LogP contribution in [0.25, 0.3) is 0 Å². The van der Waals surface area contributed by atoms with Crippen molar-refractivity contribution < 1.29 is 14.1 Å². The van der Waals surface area contributed by atoms with Gasteiger partial charge in [-0.25, -0.2) is 0 Å². The lowest BCUT2D eigenvalue weighted by molar-refractivity contribution is -0.129. The average molecular weight is 394 g/mol. The Labute approximate surface area is 167 Å². The fourth-order valence-corrected chi connectivity index (χ4v) is 3.28. The van der Waals surface area contributed by atoms with Crippen molar-refractivity contribution in [2.45, 2.75) is 13.5 Å². The first-order chi connectivity index (χ1) is 14.1. The maximum absolute atomic E-state index is 12.4. The highest BCUT2D eigenvalue weighted by molar-refractivity contribution is 6.02. The lowest BCUT2D eigenvalue weighted by Gasteiger charge is -2.35. The van der Waals surface area contributed by atoms with E-state index in [2.05, 4.69) is 20.5 Å². The molecule has 2 amide bonds. The van der Waals surface area contributed by atoms with E-state index >= 15 is 0 Å². The average Bonchev–Trinajstić information content (AvgIpc) is 3.41. The summed E-state index contributed by atoms with van der Waals surface area (Å²) >= 11 is 0. The number of amides is 2. The minimum atomic E-state index is -0.330. The van der Waals surface area contributed by atoms with Crippen LogP contribution in [0.5, 0.6) is 0 Å². The molecule has 9 heteroatoms. The van der Waals surface area contributed by atoms with Gasteiger partial charge >= 0.3 is 0 Å². The van der Waals surface area contributed by atoms with Crippen LogP contribution >= 0.6 is 0 Å². The predicted molar refractivity (Wildman–Crippen MR) is 107 cm³/mol. The van der Waals surface area contributed by atoms with Gasteiger partial charge in [0.15, 0.2) is 11.5 Å². The minimum Gasteiger partial charge on any atom is -0.368 e. The predicted octanol–water partition coefficient (Wildman–Crippen LogP) is 1.84. The third-order valence-electron chi connectivity index (χ3n) is 4.88. The highest BCUT2D eigenvalue weighted by Crippen LogP contribution is 2.20. The number of nitrogens with zero attached hydrogens (tertiary/aromatic N) is 5. The summed E-state index contributed by atoms with van der Waals surface area (Å²) in [4.78, 5) is 27.9. The monoisotopic (exact) mass is 394 g/mol. The van der Waals surface area contributed by atoms with E-state index in [0.717, 1.165) is 31.9 Å². The van der Waals surface area contributed by atoms with Gasteiger partial charge in [0.25, 0.3) is 5.91 Å². The number of nitrogens with one attached hydrogen (secondary N) is 1. The fraction of sp³-hybridized carbons (Fsp3) is 0.300. The summed E-state index contributed by atoms with van der Waals surface area (Å²) in [5, 5.41) is 10.8. The summed E-state index contributed by atoms with van der Waals surface area (Å²) in [5.74, 6) is 0.338. The van der Waals surface area contributed by atoms with Crippen LogP contribution in [0.4, 0.5) is 11.4 Å². The van der Waals surface area contributed by atoms with Crippen LogP contribution in [0.15, 0.2) is 53.3 Å². The molecule has 4 rings (SSSR count). The molecule has 0 saturated carbocycles. The van der Waals surface area contributed by atoms with Crippen LogP contribution in [-0.4, -0.2) is 57.8 Å². The molecule has 0 spiro atoms. The van der Waals surface area contributed by atoms with E-state index in [4.69, 9.17) is 4.52 Å². The molecule has 2 aromatic heterocycles. The zero-order valence-corrected chi connectivity index (χ0v) is 16.1. The molecule has 150 valence electrons. The second-order valence-corrected chi connectivity index (χ2v) is 6.88. The highest BCUT2D eigenvalue weighted by atomic mass is 16.5.